The quantitative estimate of drug-likeness (QED) is 0.647. The number of nitrogens with one attached hydrogen (secondary N) is 2. The molecule has 2 aromatic heterocycles. The SMILES string of the molecule is COc1ccc(OCCNC(=O)c2cc(-c3cccs3)[nH]n2)cc1. The van der Waals surface area contributed by atoms with Crippen LogP contribution in [0, 0.1) is 0 Å². The van der Waals surface area contributed by atoms with E-state index in [1.807, 2.05) is 41.8 Å². The first-order chi connectivity index (χ1) is 11.8. The minimum atomic E-state index is -0.229. The third kappa shape index (κ3) is 3.94. The van der Waals surface area contributed by atoms with Crippen LogP contribution in [0.3, 0.4) is 0 Å². The highest BCUT2D eigenvalue weighted by Gasteiger charge is 2.11. The second-order valence-corrected chi connectivity index (χ2v) is 5.87. The number of rotatable bonds is 7. The molecule has 1 aromatic carbocycles. The summed E-state index contributed by atoms with van der Waals surface area (Å²) >= 11 is 1.59. The monoisotopic (exact) mass is 343 g/mol. The molecule has 0 saturated carbocycles. The Labute approximate surface area is 143 Å². The van der Waals surface area contributed by atoms with E-state index in [0.29, 0.717) is 18.8 Å². The number of nitrogens with zero attached hydrogens (tertiary/aromatic N) is 1. The largest absolute Gasteiger partial charge is 0.497 e. The summed E-state index contributed by atoms with van der Waals surface area (Å²) in [4.78, 5) is 13.1. The number of amides is 1. The predicted octanol–water partition coefficient (Wildman–Crippen LogP) is 2.96. The number of carbonyl (C=O) groups is 1. The van der Waals surface area contributed by atoms with E-state index in [1.54, 1.807) is 24.5 Å². The molecule has 3 rings (SSSR count). The van der Waals surface area contributed by atoms with E-state index >= 15 is 0 Å². The summed E-state index contributed by atoms with van der Waals surface area (Å²) in [6, 6.07) is 13.0. The summed E-state index contributed by atoms with van der Waals surface area (Å²) in [7, 11) is 1.62. The molecule has 124 valence electrons. The molecule has 7 heteroatoms. The maximum Gasteiger partial charge on any atom is 0.271 e. The van der Waals surface area contributed by atoms with E-state index in [2.05, 4.69) is 15.5 Å². The number of ether oxygens (including phenoxy) is 2. The first-order valence-electron chi connectivity index (χ1n) is 7.40. The number of hydrogen-bond acceptors (Lipinski definition) is 5. The molecular formula is C17H17N3O3S. The maximum absolute atomic E-state index is 12.1. The summed E-state index contributed by atoms with van der Waals surface area (Å²) in [5.74, 6) is 1.27. The van der Waals surface area contributed by atoms with Gasteiger partial charge >= 0.3 is 0 Å². The van der Waals surface area contributed by atoms with Gasteiger partial charge in [0, 0.05) is 0 Å². The molecule has 0 aliphatic heterocycles. The zero-order valence-corrected chi connectivity index (χ0v) is 13.9. The minimum Gasteiger partial charge on any atom is -0.497 e. The lowest BCUT2D eigenvalue weighted by Crippen LogP contribution is -2.28. The van der Waals surface area contributed by atoms with Crippen molar-refractivity contribution in [2.45, 2.75) is 0 Å². The zero-order valence-electron chi connectivity index (χ0n) is 13.1. The highest BCUT2D eigenvalue weighted by Crippen LogP contribution is 2.22. The van der Waals surface area contributed by atoms with E-state index in [-0.39, 0.29) is 5.91 Å². The van der Waals surface area contributed by atoms with Gasteiger partial charge in [-0.2, -0.15) is 5.10 Å². The fourth-order valence-electron chi connectivity index (χ4n) is 2.09. The van der Waals surface area contributed by atoms with Crippen molar-refractivity contribution >= 4 is 17.2 Å². The second kappa shape index (κ2) is 7.65. The van der Waals surface area contributed by atoms with Gasteiger partial charge in [-0.1, -0.05) is 6.07 Å². The van der Waals surface area contributed by atoms with Crippen LogP contribution in [0.15, 0.2) is 47.8 Å². The van der Waals surface area contributed by atoms with Crippen molar-refractivity contribution in [1.29, 1.82) is 0 Å². The van der Waals surface area contributed by atoms with Gasteiger partial charge in [0.2, 0.25) is 0 Å². The first-order valence-corrected chi connectivity index (χ1v) is 8.28. The average Bonchev–Trinajstić information content (AvgIpc) is 3.30. The fourth-order valence-corrected chi connectivity index (χ4v) is 2.78. The molecule has 0 atom stereocenters. The third-order valence-electron chi connectivity index (χ3n) is 3.31. The van der Waals surface area contributed by atoms with Gasteiger partial charge in [-0.05, 0) is 41.8 Å². The number of benzene rings is 1. The standard InChI is InChI=1S/C17H17N3O3S/c1-22-12-4-6-13(7-5-12)23-9-8-18-17(21)15-11-14(19-20-15)16-3-2-10-24-16/h2-7,10-11H,8-9H2,1H3,(H,18,21)(H,19,20). The smallest absolute Gasteiger partial charge is 0.271 e. The molecular weight excluding hydrogens is 326 g/mol. The van der Waals surface area contributed by atoms with E-state index in [0.717, 1.165) is 22.1 Å². The molecule has 0 unspecified atom stereocenters. The minimum absolute atomic E-state index is 0.229. The molecule has 1 amide bonds. The van der Waals surface area contributed by atoms with Crippen LogP contribution in [-0.4, -0.2) is 36.4 Å². The van der Waals surface area contributed by atoms with Gasteiger partial charge in [0.05, 0.1) is 24.2 Å². The number of aromatic amines is 1. The van der Waals surface area contributed by atoms with E-state index in [1.165, 1.54) is 0 Å². The lowest BCUT2D eigenvalue weighted by Gasteiger charge is -2.07. The fraction of sp³-hybridized carbons (Fsp3) is 0.176. The second-order valence-electron chi connectivity index (χ2n) is 4.92. The molecule has 24 heavy (non-hydrogen) atoms. The van der Waals surface area contributed by atoms with Crippen molar-refractivity contribution in [3.05, 3.63) is 53.5 Å². The van der Waals surface area contributed by atoms with Crippen molar-refractivity contribution in [1.82, 2.24) is 15.5 Å². The molecule has 6 nitrogen and oxygen atoms in total. The lowest BCUT2D eigenvalue weighted by atomic mass is 10.3. The first kappa shape index (κ1) is 16.1. The van der Waals surface area contributed by atoms with E-state index < -0.39 is 0 Å². The highest BCUT2D eigenvalue weighted by molar-refractivity contribution is 7.13. The predicted molar refractivity (Wildman–Crippen MR) is 92.7 cm³/mol. The summed E-state index contributed by atoms with van der Waals surface area (Å²) < 4.78 is 10.6. The van der Waals surface area contributed by atoms with Gasteiger partial charge in [-0.15, -0.1) is 11.3 Å². The Kier molecular flexibility index (Phi) is 5.12. The molecule has 0 radical (unpaired) electrons. The van der Waals surface area contributed by atoms with Crippen LogP contribution in [0.5, 0.6) is 11.5 Å². The molecule has 3 aromatic rings. The average molecular weight is 343 g/mol. The number of H-pyrrole nitrogens is 1. The Hall–Kier alpha value is -2.80. The van der Waals surface area contributed by atoms with Gasteiger partial charge < -0.3 is 14.8 Å². The Morgan fingerprint density at radius 3 is 2.75 bits per heavy atom. The summed E-state index contributed by atoms with van der Waals surface area (Å²) in [5.41, 5.74) is 1.20. The number of carbonyl (C=O) groups excluding carboxylic acids is 1. The Morgan fingerprint density at radius 1 is 1.25 bits per heavy atom. The Morgan fingerprint density at radius 2 is 2.04 bits per heavy atom. The third-order valence-corrected chi connectivity index (χ3v) is 4.22. The summed E-state index contributed by atoms with van der Waals surface area (Å²) in [5, 5.41) is 11.7. The van der Waals surface area contributed by atoms with Gasteiger partial charge in [0.1, 0.15) is 18.1 Å². The van der Waals surface area contributed by atoms with Crippen molar-refractivity contribution in [2.24, 2.45) is 0 Å². The van der Waals surface area contributed by atoms with Crippen LogP contribution in [0.2, 0.25) is 0 Å². The number of aromatic nitrogens is 2. The normalized spacial score (nSPS) is 10.4. The maximum atomic E-state index is 12.1. The Bertz CT molecular complexity index is 782. The number of thiophene rings is 1. The van der Waals surface area contributed by atoms with Gasteiger partial charge in [-0.25, -0.2) is 0 Å². The van der Waals surface area contributed by atoms with E-state index in [4.69, 9.17) is 9.47 Å². The van der Waals surface area contributed by atoms with Crippen LogP contribution >= 0.6 is 11.3 Å². The molecule has 0 aliphatic rings. The molecule has 2 N–H and O–H groups in total. The molecule has 0 aliphatic carbocycles. The summed E-state index contributed by atoms with van der Waals surface area (Å²) in [6.45, 7) is 0.770. The number of methoxy groups -OCH3 is 1. The topological polar surface area (TPSA) is 76.2 Å². The molecule has 0 spiro atoms. The molecule has 2 heterocycles. The zero-order chi connectivity index (χ0) is 16.8. The van der Waals surface area contributed by atoms with Crippen LogP contribution < -0.4 is 14.8 Å². The lowest BCUT2D eigenvalue weighted by molar-refractivity contribution is 0.0942. The van der Waals surface area contributed by atoms with Gasteiger partial charge in [0.25, 0.3) is 5.91 Å². The van der Waals surface area contributed by atoms with Crippen LogP contribution in [-0.2, 0) is 0 Å². The van der Waals surface area contributed by atoms with Crippen molar-refractivity contribution in [3.63, 3.8) is 0 Å². The van der Waals surface area contributed by atoms with Crippen LogP contribution in [0.25, 0.3) is 10.6 Å². The van der Waals surface area contributed by atoms with Crippen molar-refractivity contribution in [3.8, 4) is 22.1 Å². The molecule has 0 bridgehead atoms. The van der Waals surface area contributed by atoms with E-state index in [9.17, 15) is 4.79 Å². The van der Waals surface area contributed by atoms with Crippen molar-refractivity contribution in [2.75, 3.05) is 20.3 Å². The van der Waals surface area contributed by atoms with Crippen molar-refractivity contribution < 1.29 is 14.3 Å². The summed E-state index contributed by atoms with van der Waals surface area (Å²) in [6.07, 6.45) is 0. The van der Waals surface area contributed by atoms with Gasteiger partial charge in [0.15, 0.2) is 5.69 Å². The number of hydrogen-bond donors (Lipinski definition) is 2. The highest BCUT2D eigenvalue weighted by atomic mass is 32.1. The molecule has 0 saturated heterocycles. The van der Waals surface area contributed by atoms with Crippen LogP contribution in [0.4, 0.5) is 0 Å². The Balaban J connectivity index is 1.45. The van der Waals surface area contributed by atoms with Crippen LogP contribution in [0.1, 0.15) is 10.5 Å². The molecule has 0 fully saturated rings. The van der Waals surface area contributed by atoms with Gasteiger partial charge in [-0.3, -0.25) is 9.89 Å².